The molecule has 0 aliphatic carbocycles. The fourth-order valence-corrected chi connectivity index (χ4v) is 6.82. The third-order valence-corrected chi connectivity index (χ3v) is 9.99. The molecule has 57 heavy (non-hydrogen) atoms. The monoisotopic (exact) mass is 896 g/mol. The van der Waals surface area contributed by atoms with Gasteiger partial charge in [0.25, 0.3) is 11.8 Å². The minimum absolute atomic E-state index is 0.108. The van der Waals surface area contributed by atoms with Crippen molar-refractivity contribution >= 4 is 40.2 Å². The summed E-state index contributed by atoms with van der Waals surface area (Å²) in [7, 11) is 0. The van der Waals surface area contributed by atoms with E-state index in [9.17, 15) is 33.0 Å². The number of hydrogen-bond acceptors (Lipinski definition) is 10. The molecule has 1 aliphatic heterocycles. The number of aliphatic hydroxyl groups excluding tert-OH is 2. The van der Waals surface area contributed by atoms with Crippen molar-refractivity contribution in [1.82, 2.24) is 20.2 Å². The van der Waals surface area contributed by atoms with E-state index < -0.39 is 36.0 Å². The molecule has 1 saturated heterocycles. The van der Waals surface area contributed by atoms with Gasteiger partial charge in [-0.3, -0.25) is 14.6 Å². The molecule has 2 heterocycles. The zero-order valence-electron chi connectivity index (χ0n) is 30.5. The summed E-state index contributed by atoms with van der Waals surface area (Å²) in [6, 6.07) is 26.1. The van der Waals surface area contributed by atoms with Crippen LogP contribution in [0.1, 0.15) is 38.4 Å². The third kappa shape index (κ3) is 11.0. The van der Waals surface area contributed by atoms with Gasteiger partial charge in [0, 0.05) is 30.8 Å². The number of carbonyl (C=O) groups excluding carboxylic acids is 2. The molecule has 1 fully saturated rings. The van der Waals surface area contributed by atoms with Gasteiger partial charge >= 0.3 is 6.18 Å². The maximum Gasteiger partial charge on any atom is 0.434 e. The van der Waals surface area contributed by atoms with Crippen LogP contribution in [0.15, 0.2) is 103 Å². The second-order valence-corrected chi connectivity index (χ2v) is 14.5. The zero-order chi connectivity index (χ0) is 40.5. The highest BCUT2D eigenvalue weighted by molar-refractivity contribution is 14.1. The Kier molecular flexibility index (Phi) is 13.6. The number of benzene rings is 4. The first-order valence-electron chi connectivity index (χ1n) is 18.1. The minimum atomic E-state index is -4.72. The zero-order valence-corrected chi connectivity index (χ0v) is 32.6. The first-order chi connectivity index (χ1) is 27.4. The average molecular weight is 897 g/mol. The lowest BCUT2D eigenvalue weighted by atomic mass is 9.97. The number of piperidine rings is 1. The number of aliphatic hydroxyl groups is 2. The summed E-state index contributed by atoms with van der Waals surface area (Å²) >= 11 is 2.25. The number of nitrogens with zero attached hydrogens (tertiary/aromatic N) is 3. The fourth-order valence-electron chi connectivity index (χ4n) is 6.13. The number of alkyl halides is 3. The second-order valence-electron chi connectivity index (χ2n) is 13.3. The number of halogens is 4. The number of aromatic nitrogens is 2. The summed E-state index contributed by atoms with van der Waals surface area (Å²) < 4.78 is 52.2. The molecule has 1 aromatic heterocycles. The van der Waals surface area contributed by atoms with Gasteiger partial charge in [-0.1, -0.05) is 30.3 Å². The quantitative estimate of drug-likeness (QED) is 0.0666. The van der Waals surface area contributed by atoms with E-state index in [4.69, 9.17) is 15.2 Å². The summed E-state index contributed by atoms with van der Waals surface area (Å²) in [6.07, 6.45) is -4.39. The molecule has 298 valence electrons. The predicted molar refractivity (Wildman–Crippen MR) is 215 cm³/mol. The van der Waals surface area contributed by atoms with Gasteiger partial charge in [0.05, 0.1) is 34.7 Å². The van der Waals surface area contributed by atoms with Crippen LogP contribution in [-0.2, 0) is 12.6 Å². The molecule has 16 heteroatoms. The molecule has 0 unspecified atom stereocenters. The van der Waals surface area contributed by atoms with Crippen LogP contribution in [0.5, 0.6) is 17.2 Å². The van der Waals surface area contributed by atoms with Crippen molar-refractivity contribution < 1.29 is 42.4 Å². The summed E-state index contributed by atoms with van der Waals surface area (Å²) in [5, 5.41) is 26.6. The summed E-state index contributed by atoms with van der Waals surface area (Å²) in [6.45, 7) is 1.13. The standard InChI is InChI=1S/C41H40F3IN6O6/c42-41(43,44)36-21-47-22-37(50-36)49-33-23-51(24-34(52)38(33)53)40(55)29-9-5-27(6-10-29)26-3-7-28(8-4-26)39(54)48-18-1-19-56-30-11-13-31(14-12-30)57-35-15-2-25(16-17-46)20-32(35)45/h2-15,20-22,33-34,38,52-53H,1,16-19,23-24,46H2,(H,48,54)(H,49,50)/t33-,34-,38+/m0/s1. The van der Waals surface area contributed by atoms with Crippen LogP contribution < -0.4 is 25.8 Å². The molecule has 0 spiro atoms. The Morgan fingerprint density at radius 1 is 0.895 bits per heavy atom. The number of amides is 2. The molecule has 0 radical (unpaired) electrons. The maximum absolute atomic E-state index is 13.4. The molecular formula is C41H40F3IN6O6. The van der Waals surface area contributed by atoms with Crippen molar-refractivity contribution in [1.29, 1.82) is 0 Å². The highest BCUT2D eigenvalue weighted by Gasteiger charge is 2.38. The Labute approximate surface area is 340 Å². The molecule has 3 atom stereocenters. The van der Waals surface area contributed by atoms with Gasteiger partial charge in [-0.25, -0.2) is 4.98 Å². The average Bonchev–Trinajstić information content (AvgIpc) is 3.20. The van der Waals surface area contributed by atoms with E-state index in [1.165, 1.54) is 4.90 Å². The van der Waals surface area contributed by atoms with Crippen molar-refractivity contribution in [2.75, 3.05) is 38.1 Å². The first-order valence-corrected chi connectivity index (χ1v) is 19.1. The smallest absolute Gasteiger partial charge is 0.434 e. The van der Waals surface area contributed by atoms with E-state index in [1.807, 2.05) is 36.4 Å². The number of nitrogens with one attached hydrogen (secondary N) is 2. The van der Waals surface area contributed by atoms with E-state index in [0.717, 1.165) is 38.6 Å². The predicted octanol–water partition coefficient (Wildman–Crippen LogP) is 5.92. The second kappa shape index (κ2) is 18.8. The van der Waals surface area contributed by atoms with E-state index in [-0.39, 0.29) is 24.8 Å². The van der Waals surface area contributed by atoms with Crippen LogP contribution in [0.4, 0.5) is 19.0 Å². The van der Waals surface area contributed by atoms with Crippen LogP contribution in [0, 0.1) is 3.57 Å². The number of rotatable bonds is 14. The summed E-state index contributed by atoms with van der Waals surface area (Å²) in [5.74, 6) is 1.23. The largest absolute Gasteiger partial charge is 0.494 e. The number of likely N-dealkylation sites (tertiary alicyclic amines) is 1. The molecule has 5 aromatic rings. The maximum atomic E-state index is 13.4. The molecule has 12 nitrogen and oxygen atoms in total. The Balaban J connectivity index is 0.945. The van der Waals surface area contributed by atoms with Crippen molar-refractivity contribution in [3.8, 4) is 28.4 Å². The summed E-state index contributed by atoms with van der Waals surface area (Å²) in [4.78, 5) is 34.5. The molecule has 0 saturated carbocycles. The highest BCUT2D eigenvalue weighted by atomic mass is 127. The Morgan fingerprint density at radius 3 is 2.21 bits per heavy atom. The van der Waals surface area contributed by atoms with Crippen LogP contribution in [-0.4, -0.2) is 87.9 Å². The minimum Gasteiger partial charge on any atom is -0.494 e. The molecular weight excluding hydrogens is 856 g/mol. The number of hydrogen-bond donors (Lipinski definition) is 5. The normalized spacial score (nSPS) is 16.8. The van der Waals surface area contributed by atoms with E-state index in [1.54, 1.807) is 48.5 Å². The molecule has 0 bridgehead atoms. The molecule has 1 aliphatic rings. The lowest BCUT2D eigenvalue weighted by Gasteiger charge is -2.39. The van der Waals surface area contributed by atoms with E-state index >= 15 is 0 Å². The van der Waals surface area contributed by atoms with Crippen molar-refractivity contribution in [2.24, 2.45) is 5.73 Å². The Hall–Kier alpha value is -5.30. The number of ether oxygens (including phenoxy) is 2. The van der Waals surface area contributed by atoms with Crippen LogP contribution in [0.25, 0.3) is 11.1 Å². The van der Waals surface area contributed by atoms with Gasteiger partial charge in [-0.05, 0) is 119 Å². The highest BCUT2D eigenvalue weighted by Crippen LogP contribution is 2.30. The SMILES string of the molecule is NCCc1ccc(Oc2ccc(OCCCNC(=O)c3ccc(-c4ccc(C(=O)N5C[C@H](Nc6cncc(C(F)(F)F)n6)[C@@H](O)[C@@H](O)C5)cc4)cc3)cc2)c(I)c1. The van der Waals surface area contributed by atoms with Gasteiger partial charge in [0.15, 0.2) is 5.69 Å². The molecule has 6 N–H and O–H groups in total. The van der Waals surface area contributed by atoms with E-state index in [2.05, 4.69) is 49.3 Å². The van der Waals surface area contributed by atoms with Crippen LogP contribution >= 0.6 is 22.6 Å². The van der Waals surface area contributed by atoms with Crippen molar-refractivity contribution in [3.05, 3.63) is 129 Å². The van der Waals surface area contributed by atoms with Crippen LogP contribution in [0.2, 0.25) is 0 Å². The van der Waals surface area contributed by atoms with E-state index in [0.29, 0.717) is 54.9 Å². The number of β-amino-alcohol motifs (C(OH)–C–C–N with tert-alkyl or cyclic N) is 1. The molecule has 6 rings (SSSR count). The lowest BCUT2D eigenvalue weighted by molar-refractivity contribution is -0.141. The van der Waals surface area contributed by atoms with Crippen molar-refractivity contribution in [2.45, 2.75) is 37.3 Å². The third-order valence-electron chi connectivity index (χ3n) is 9.14. The van der Waals surface area contributed by atoms with Gasteiger partial charge < -0.3 is 41.0 Å². The van der Waals surface area contributed by atoms with Crippen LogP contribution in [0.3, 0.4) is 0 Å². The lowest BCUT2D eigenvalue weighted by Crippen LogP contribution is -2.59. The number of carbonyl (C=O) groups is 2. The van der Waals surface area contributed by atoms with Gasteiger partial charge in [0.1, 0.15) is 29.2 Å². The van der Waals surface area contributed by atoms with Gasteiger partial charge in [-0.15, -0.1) is 0 Å². The first kappa shape index (κ1) is 41.3. The Bertz CT molecular complexity index is 2140. The number of anilines is 1. The van der Waals surface area contributed by atoms with Gasteiger partial charge in [0.2, 0.25) is 0 Å². The molecule has 4 aromatic carbocycles. The van der Waals surface area contributed by atoms with Crippen molar-refractivity contribution in [3.63, 3.8) is 0 Å². The Morgan fingerprint density at radius 2 is 1.56 bits per heavy atom. The number of nitrogens with two attached hydrogens (primary N) is 1. The molecule has 2 amide bonds. The fraction of sp³-hybridized carbons (Fsp3) is 0.268. The topological polar surface area (TPSA) is 172 Å². The van der Waals surface area contributed by atoms with Gasteiger partial charge in [-0.2, -0.15) is 13.2 Å². The summed E-state index contributed by atoms with van der Waals surface area (Å²) in [5.41, 5.74) is 7.99.